The van der Waals surface area contributed by atoms with Crippen LogP contribution in [0.2, 0.25) is 18.1 Å². The van der Waals surface area contributed by atoms with Gasteiger partial charge in [0, 0.05) is 11.6 Å². The Morgan fingerprint density at radius 2 is 1.62 bits per heavy atom. The fourth-order valence-corrected chi connectivity index (χ4v) is 4.78. The van der Waals surface area contributed by atoms with E-state index in [1.54, 1.807) is 26.4 Å². The fourth-order valence-electron chi connectivity index (χ4n) is 3.47. The summed E-state index contributed by atoms with van der Waals surface area (Å²) in [5.41, 5.74) is 1.71. The third-order valence-corrected chi connectivity index (χ3v) is 10.9. The summed E-state index contributed by atoms with van der Waals surface area (Å²) in [6, 6.07) is 13.5. The van der Waals surface area contributed by atoms with Gasteiger partial charge in [0.05, 0.1) is 20.3 Å². The zero-order valence-corrected chi connectivity index (χ0v) is 21.1. The summed E-state index contributed by atoms with van der Waals surface area (Å²) in [6.45, 7) is 11.5. The lowest BCUT2D eigenvalue weighted by Gasteiger charge is -2.39. The normalized spacial score (nSPS) is 18.9. The van der Waals surface area contributed by atoms with Crippen LogP contribution < -0.4 is 14.2 Å². The van der Waals surface area contributed by atoms with Crippen LogP contribution in [0.4, 0.5) is 0 Å². The summed E-state index contributed by atoms with van der Waals surface area (Å²) in [7, 11) is 1.02. The van der Waals surface area contributed by atoms with Crippen LogP contribution in [0.3, 0.4) is 0 Å². The second kappa shape index (κ2) is 9.54. The average molecular weight is 459 g/mol. The molecule has 174 valence electrons. The molecule has 3 rings (SSSR count). The largest absolute Gasteiger partial charge is 0.493 e. The molecular formula is C25H34O6Si. The zero-order valence-electron chi connectivity index (χ0n) is 20.1. The lowest BCUT2D eigenvalue weighted by molar-refractivity contribution is -0.139. The van der Waals surface area contributed by atoms with Crippen molar-refractivity contribution in [2.75, 3.05) is 20.8 Å². The number of hydrogen-bond acceptors (Lipinski definition) is 6. The third-order valence-electron chi connectivity index (χ3n) is 6.36. The molecular weight excluding hydrogens is 424 g/mol. The molecule has 0 unspecified atom stereocenters. The molecule has 0 radical (unpaired) electrons. The van der Waals surface area contributed by atoms with Crippen molar-refractivity contribution in [2.45, 2.75) is 57.5 Å². The molecule has 2 atom stereocenters. The second-order valence-electron chi connectivity index (χ2n) is 9.54. The van der Waals surface area contributed by atoms with E-state index < -0.39 is 14.2 Å². The van der Waals surface area contributed by atoms with Gasteiger partial charge in [-0.15, -0.1) is 0 Å². The van der Waals surface area contributed by atoms with E-state index in [9.17, 15) is 4.79 Å². The van der Waals surface area contributed by atoms with Crippen molar-refractivity contribution in [3.05, 3.63) is 53.6 Å². The highest BCUT2D eigenvalue weighted by atomic mass is 28.4. The number of rotatable bonds is 8. The Balaban J connectivity index is 1.99. The van der Waals surface area contributed by atoms with Crippen molar-refractivity contribution in [1.29, 1.82) is 0 Å². The van der Waals surface area contributed by atoms with E-state index >= 15 is 0 Å². The van der Waals surface area contributed by atoms with Crippen molar-refractivity contribution in [3.8, 4) is 17.2 Å². The van der Waals surface area contributed by atoms with E-state index in [4.69, 9.17) is 23.4 Å². The third kappa shape index (κ3) is 5.10. The SMILES string of the molecule is COc1cc(OCc2ccccc2)c([C@@H]2C(=O)OC[C@H]2O[Si](C)(C)C(C)(C)C)cc1OC. The Hall–Kier alpha value is -2.51. The lowest BCUT2D eigenvalue weighted by atomic mass is 9.94. The van der Waals surface area contributed by atoms with Crippen molar-refractivity contribution in [2.24, 2.45) is 0 Å². The number of esters is 1. The summed E-state index contributed by atoms with van der Waals surface area (Å²) in [4.78, 5) is 12.9. The second-order valence-corrected chi connectivity index (χ2v) is 14.3. The van der Waals surface area contributed by atoms with Gasteiger partial charge in [-0.3, -0.25) is 4.79 Å². The molecule has 32 heavy (non-hydrogen) atoms. The van der Waals surface area contributed by atoms with Crippen LogP contribution in [-0.2, 0) is 20.6 Å². The molecule has 0 aliphatic carbocycles. The predicted molar refractivity (Wildman–Crippen MR) is 126 cm³/mol. The van der Waals surface area contributed by atoms with Gasteiger partial charge >= 0.3 is 5.97 Å². The van der Waals surface area contributed by atoms with E-state index in [0.717, 1.165) is 5.56 Å². The van der Waals surface area contributed by atoms with E-state index in [0.29, 0.717) is 29.4 Å². The molecule has 0 saturated carbocycles. The van der Waals surface area contributed by atoms with E-state index in [1.807, 2.05) is 30.3 Å². The molecule has 0 bridgehead atoms. The van der Waals surface area contributed by atoms with Crippen LogP contribution in [0, 0.1) is 0 Å². The van der Waals surface area contributed by atoms with Crippen molar-refractivity contribution >= 4 is 14.3 Å². The minimum atomic E-state index is -2.13. The van der Waals surface area contributed by atoms with Gasteiger partial charge in [0.15, 0.2) is 19.8 Å². The molecule has 6 nitrogen and oxygen atoms in total. The topological polar surface area (TPSA) is 63.2 Å². The van der Waals surface area contributed by atoms with Gasteiger partial charge in [-0.25, -0.2) is 0 Å². The van der Waals surface area contributed by atoms with Crippen LogP contribution >= 0.6 is 0 Å². The monoisotopic (exact) mass is 458 g/mol. The van der Waals surface area contributed by atoms with Crippen molar-refractivity contribution < 1.29 is 28.2 Å². The molecule has 1 aliphatic heterocycles. The number of ether oxygens (including phenoxy) is 4. The zero-order chi connectivity index (χ0) is 23.5. The van der Waals surface area contributed by atoms with Gasteiger partial charge in [-0.2, -0.15) is 0 Å². The van der Waals surface area contributed by atoms with Gasteiger partial charge in [0.2, 0.25) is 0 Å². The predicted octanol–water partition coefficient (Wildman–Crippen LogP) is 5.31. The van der Waals surface area contributed by atoms with E-state index in [-0.39, 0.29) is 23.7 Å². The summed E-state index contributed by atoms with van der Waals surface area (Å²) >= 11 is 0. The van der Waals surface area contributed by atoms with Gasteiger partial charge in [0.25, 0.3) is 0 Å². The number of methoxy groups -OCH3 is 2. The molecule has 0 N–H and O–H groups in total. The van der Waals surface area contributed by atoms with Crippen LogP contribution in [0.1, 0.15) is 37.8 Å². The van der Waals surface area contributed by atoms with E-state index in [2.05, 4.69) is 33.9 Å². The molecule has 1 heterocycles. The first-order chi connectivity index (χ1) is 15.1. The highest BCUT2D eigenvalue weighted by Crippen LogP contribution is 2.45. The molecule has 0 spiro atoms. The Morgan fingerprint density at radius 1 is 1.00 bits per heavy atom. The van der Waals surface area contributed by atoms with Crippen molar-refractivity contribution in [1.82, 2.24) is 0 Å². The summed E-state index contributed by atoms with van der Waals surface area (Å²) in [5, 5.41) is 0.00737. The summed E-state index contributed by atoms with van der Waals surface area (Å²) in [6.07, 6.45) is -0.388. The molecule has 1 aliphatic rings. The highest BCUT2D eigenvalue weighted by molar-refractivity contribution is 6.74. The first-order valence-electron chi connectivity index (χ1n) is 10.8. The van der Waals surface area contributed by atoms with Crippen molar-refractivity contribution in [3.63, 3.8) is 0 Å². The van der Waals surface area contributed by atoms with Crippen LogP contribution in [-0.4, -0.2) is 41.2 Å². The smallest absolute Gasteiger partial charge is 0.316 e. The van der Waals surface area contributed by atoms with Gasteiger partial charge in [0.1, 0.15) is 24.9 Å². The van der Waals surface area contributed by atoms with Gasteiger partial charge in [-0.05, 0) is 29.8 Å². The lowest BCUT2D eigenvalue weighted by Crippen LogP contribution is -2.45. The number of cyclic esters (lactones) is 1. The number of carbonyl (C=O) groups excluding carboxylic acids is 1. The molecule has 0 aromatic heterocycles. The Kier molecular flexibility index (Phi) is 7.20. The molecule has 2 aromatic rings. The summed E-state index contributed by atoms with van der Waals surface area (Å²) in [5.74, 6) is 0.701. The minimum absolute atomic E-state index is 0.00737. The first kappa shape index (κ1) is 24.1. The number of benzene rings is 2. The fraction of sp³-hybridized carbons (Fsp3) is 0.480. The Bertz CT molecular complexity index is 935. The average Bonchev–Trinajstić information content (AvgIpc) is 3.10. The van der Waals surface area contributed by atoms with Crippen LogP contribution in [0.25, 0.3) is 0 Å². The van der Waals surface area contributed by atoms with E-state index in [1.165, 1.54) is 0 Å². The quantitative estimate of drug-likeness (QED) is 0.394. The highest BCUT2D eigenvalue weighted by Gasteiger charge is 2.47. The molecule has 1 saturated heterocycles. The molecule has 1 fully saturated rings. The Morgan fingerprint density at radius 3 is 2.22 bits per heavy atom. The molecule has 0 amide bonds. The van der Waals surface area contributed by atoms with Crippen LogP contribution in [0.5, 0.6) is 17.2 Å². The standard InChI is InChI=1S/C25H34O6Si/c1-25(2,3)32(6,7)31-22-16-30-24(26)23(22)18-13-20(27-4)21(28-5)14-19(18)29-15-17-11-9-8-10-12-17/h8-14,22-23H,15-16H2,1-7H3/t22-,23+/m1/s1. The number of hydrogen-bond donors (Lipinski definition) is 0. The number of carbonyl (C=O) groups is 1. The van der Waals surface area contributed by atoms with Crippen LogP contribution in [0.15, 0.2) is 42.5 Å². The van der Waals surface area contributed by atoms with Gasteiger partial charge in [-0.1, -0.05) is 51.1 Å². The minimum Gasteiger partial charge on any atom is -0.493 e. The maximum Gasteiger partial charge on any atom is 0.316 e. The molecule has 2 aromatic carbocycles. The maximum absolute atomic E-state index is 12.9. The maximum atomic E-state index is 12.9. The molecule has 7 heteroatoms. The first-order valence-corrected chi connectivity index (χ1v) is 13.8. The Labute approximate surface area is 191 Å². The summed E-state index contributed by atoms with van der Waals surface area (Å²) < 4.78 is 29.3. The van der Waals surface area contributed by atoms with Gasteiger partial charge < -0.3 is 23.4 Å².